The fourth-order valence-corrected chi connectivity index (χ4v) is 4.06. The van der Waals surface area contributed by atoms with Crippen molar-refractivity contribution >= 4 is 17.7 Å². The van der Waals surface area contributed by atoms with E-state index in [9.17, 15) is 9.18 Å². The monoisotopic (exact) mass is 440 g/mol. The number of halogens is 1. The van der Waals surface area contributed by atoms with Crippen LogP contribution in [-0.4, -0.2) is 26.4 Å². The molecule has 31 heavy (non-hydrogen) atoms. The second kappa shape index (κ2) is 10.1. The van der Waals surface area contributed by atoms with Gasteiger partial charge in [0.15, 0.2) is 11.0 Å². The second-order valence-corrected chi connectivity index (χ2v) is 9.15. The predicted molar refractivity (Wildman–Crippen MR) is 123 cm³/mol. The van der Waals surface area contributed by atoms with Crippen molar-refractivity contribution in [3.05, 3.63) is 65.0 Å². The molecule has 0 fully saturated rings. The summed E-state index contributed by atoms with van der Waals surface area (Å²) >= 11 is 1.32. The van der Waals surface area contributed by atoms with Gasteiger partial charge in [0.25, 0.3) is 0 Å². The van der Waals surface area contributed by atoms with Crippen LogP contribution < -0.4 is 5.32 Å². The van der Waals surface area contributed by atoms with Crippen LogP contribution in [0.3, 0.4) is 0 Å². The molecule has 0 saturated carbocycles. The Hall–Kier alpha value is -2.67. The maximum absolute atomic E-state index is 14.3. The number of amides is 1. The Morgan fingerprint density at radius 3 is 2.52 bits per heavy atom. The molecule has 1 N–H and O–H groups in total. The largest absolute Gasteiger partial charge is 0.349 e. The average molecular weight is 441 g/mol. The molecule has 3 rings (SSSR count). The van der Waals surface area contributed by atoms with Crippen molar-refractivity contribution in [1.29, 1.82) is 0 Å². The van der Waals surface area contributed by atoms with E-state index in [1.165, 1.54) is 29.0 Å². The molecule has 1 atom stereocenters. The summed E-state index contributed by atoms with van der Waals surface area (Å²) in [4.78, 5) is 12.6. The molecule has 3 aromatic rings. The molecule has 1 unspecified atom stereocenters. The molecule has 1 amide bonds. The zero-order chi connectivity index (χ0) is 22.5. The van der Waals surface area contributed by atoms with Crippen LogP contribution in [-0.2, 0) is 11.3 Å². The van der Waals surface area contributed by atoms with E-state index in [-0.39, 0.29) is 23.5 Å². The number of hydrogen-bond donors (Lipinski definition) is 1. The van der Waals surface area contributed by atoms with Gasteiger partial charge in [-0.3, -0.25) is 4.79 Å². The smallest absolute Gasteiger partial charge is 0.230 e. The highest BCUT2D eigenvalue weighted by Crippen LogP contribution is 2.27. The first kappa shape index (κ1) is 23.0. The Morgan fingerprint density at radius 1 is 1.10 bits per heavy atom. The third kappa shape index (κ3) is 5.73. The standard InChI is InChI=1S/C24H29FN4OS/c1-15(2)13-29-23(20-8-6-7-9-21(20)25)27-28-24(29)31-14-22(30)26-18(5)19-11-10-16(3)17(4)12-19/h6-12,15,18H,13-14H2,1-5H3,(H,26,30). The van der Waals surface area contributed by atoms with Crippen LogP contribution in [0, 0.1) is 25.6 Å². The fraction of sp³-hybridized carbons (Fsp3) is 0.375. The van der Waals surface area contributed by atoms with Crippen LogP contribution >= 0.6 is 11.8 Å². The average Bonchev–Trinajstić information content (AvgIpc) is 3.10. The highest BCUT2D eigenvalue weighted by Gasteiger charge is 2.19. The van der Waals surface area contributed by atoms with Crippen molar-refractivity contribution in [2.24, 2.45) is 5.92 Å². The first-order valence-corrected chi connectivity index (χ1v) is 11.4. The molecule has 0 radical (unpaired) electrons. The molecule has 5 nitrogen and oxygen atoms in total. The third-order valence-electron chi connectivity index (χ3n) is 5.12. The highest BCUT2D eigenvalue weighted by molar-refractivity contribution is 7.99. The Labute approximate surface area is 187 Å². The minimum Gasteiger partial charge on any atom is -0.349 e. The highest BCUT2D eigenvalue weighted by atomic mass is 32.2. The van der Waals surface area contributed by atoms with Crippen LogP contribution in [0.1, 0.15) is 43.5 Å². The van der Waals surface area contributed by atoms with E-state index in [0.717, 1.165) is 5.56 Å². The van der Waals surface area contributed by atoms with Crippen LogP contribution in [0.15, 0.2) is 47.6 Å². The minimum atomic E-state index is -0.337. The molecular formula is C24H29FN4OS. The Bertz CT molecular complexity index is 1060. The van der Waals surface area contributed by atoms with E-state index in [4.69, 9.17) is 0 Å². The Balaban J connectivity index is 1.71. The van der Waals surface area contributed by atoms with Crippen LogP contribution in [0.2, 0.25) is 0 Å². The van der Waals surface area contributed by atoms with Gasteiger partial charge in [-0.1, -0.05) is 55.9 Å². The number of aryl methyl sites for hydroxylation is 2. The number of thioether (sulfide) groups is 1. The summed E-state index contributed by atoms with van der Waals surface area (Å²) in [6.45, 7) is 10.9. The predicted octanol–water partition coefficient (Wildman–Crippen LogP) is 5.33. The summed E-state index contributed by atoms with van der Waals surface area (Å²) in [5.41, 5.74) is 3.92. The number of carbonyl (C=O) groups excluding carboxylic acids is 1. The zero-order valence-corrected chi connectivity index (χ0v) is 19.5. The topological polar surface area (TPSA) is 59.8 Å². The van der Waals surface area contributed by atoms with Crippen molar-refractivity contribution in [1.82, 2.24) is 20.1 Å². The van der Waals surface area contributed by atoms with E-state index in [2.05, 4.69) is 55.3 Å². The maximum atomic E-state index is 14.3. The van der Waals surface area contributed by atoms with E-state index in [1.54, 1.807) is 18.2 Å². The molecule has 0 bridgehead atoms. The van der Waals surface area contributed by atoms with Gasteiger partial charge < -0.3 is 9.88 Å². The van der Waals surface area contributed by atoms with Gasteiger partial charge in [-0.2, -0.15) is 0 Å². The number of carbonyl (C=O) groups is 1. The lowest BCUT2D eigenvalue weighted by Gasteiger charge is -2.16. The summed E-state index contributed by atoms with van der Waals surface area (Å²) in [5, 5.41) is 12.1. The van der Waals surface area contributed by atoms with E-state index < -0.39 is 0 Å². The normalized spacial score (nSPS) is 12.2. The van der Waals surface area contributed by atoms with Crippen molar-refractivity contribution in [2.75, 3.05) is 5.75 Å². The quantitative estimate of drug-likeness (QED) is 0.481. The fourth-order valence-electron chi connectivity index (χ4n) is 3.30. The Kier molecular flexibility index (Phi) is 7.49. The third-order valence-corrected chi connectivity index (χ3v) is 6.09. The number of aromatic nitrogens is 3. The van der Waals surface area contributed by atoms with Gasteiger partial charge in [-0.15, -0.1) is 10.2 Å². The molecule has 1 aromatic heterocycles. The van der Waals surface area contributed by atoms with Gasteiger partial charge in [0.1, 0.15) is 5.82 Å². The van der Waals surface area contributed by atoms with E-state index >= 15 is 0 Å². The van der Waals surface area contributed by atoms with Gasteiger partial charge in [-0.05, 0) is 55.5 Å². The zero-order valence-electron chi connectivity index (χ0n) is 18.6. The van der Waals surface area contributed by atoms with Gasteiger partial charge >= 0.3 is 0 Å². The van der Waals surface area contributed by atoms with Gasteiger partial charge in [0, 0.05) is 6.54 Å². The number of rotatable bonds is 8. The SMILES string of the molecule is Cc1ccc(C(C)NC(=O)CSc2nnc(-c3ccccc3F)n2CC(C)C)cc1C. The van der Waals surface area contributed by atoms with Crippen molar-refractivity contribution in [3.63, 3.8) is 0 Å². The molecule has 0 saturated heterocycles. The minimum absolute atomic E-state index is 0.0812. The van der Waals surface area contributed by atoms with Gasteiger partial charge in [-0.25, -0.2) is 4.39 Å². The molecule has 7 heteroatoms. The van der Waals surface area contributed by atoms with Gasteiger partial charge in [0.05, 0.1) is 17.4 Å². The Morgan fingerprint density at radius 2 is 1.84 bits per heavy atom. The number of nitrogens with zero attached hydrogens (tertiary/aromatic N) is 3. The maximum Gasteiger partial charge on any atom is 0.230 e. The molecule has 1 heterocycles. The van der Waals surface area contributed by atoms with E-state index in [1.807, 2.05) is 17.6 Å². The first-order valence-electron chi connectivity index (χ1n) is 10.4. The summed E-state index contributed by atoms with van der Waals surface area (Å²) in [6.07, 6.45) is 0. The summed E-state index contributed by atoms with van der Waals surface area (Å²) in [5.74, 6) is 0.597. The second-order valence-electron chi connectivity index (χ2n) is 8.21. The molecule has 0 spiro atoms. The molecule has 164 valence electrons. The molecule has 2 aromatic carbocycles. The lowest BCUT2D eigenvalue weighted by molar-refractivity contribution is -0.119. The van der Waals surface area contributed by atoms with Crippen LogP contribution in [0.25, 0.3) is 11.4 Å². The first-order chi connectivity index (χ1) is 14.8. The molecule has 0 aliphatic rings. The number of hydrogen-bond acceptors (Lipinski definition) is 4. The number of benzene rings is 2. The molecule has 0 aliphatic heterocycles. The van der Waals surface area contributed by atoms with Crippen LogP contribution in [0.5, 0.6) is 0 Å². The molecular weight excluding hydrogens is 411 g/mol. The van der Waals surface area contributed by atoms with Crippen LogP contribution in [0.4, 0.5) is 4.39 Å². The summed E-state index contributed by atoms with van der Waals surface area (Å²) in [7, 11) is 0. The number of nitrogens with one attached hydrogen (secondary N) is 1. The van der Waals surface area contributed by atoms with Crippen molar-refractivity contribution in [3.8, 4) is 11.4 Å². The van der Waals surface area contributed by atoms with Crippen molar-refractivity contribution < 1.29 is 9.18 Å². The van der Waals surface area contributed by atoms with E-state index in [0.29, 0.717) is 29.0 Å². The molecule has 0 aliphatic carbocycles. The lowest BCUT2D eigenvalue weighted by Crippen LogP contribution is -2.28. The van der Waals surface area contributed by atoms with Crippen molar-refractivity contribution in [2.45, 2.75) is 52.4 Å². The summed E-state index contributed by atoms with van der Waals surface area (Å²) in [6, 6.07) is 12.7. The summed E-state index contributed by atoms with van der Waals surface area (Å²) < 4.78 is 16.2. The lowest BCUT2D eigenvalue weighted by atomic mass is 10.0. The van der Waals surface area contributed by atoms with Gasteiger partial charge in [0.2, 0.25) is 5.91 Å².